The molecule has 0 aliphatic heterocycles. The van der Waals surface area contributed by atoms with Gasteiger partial charge in [0.2, 0.25) is 0 Å². The molecule has 0 N–H and O–H groups in total. The number of rotatable bonds is 0. The Kier molecular flexibility index (Phi) is 2.36. The first-order valence-electron chi connectivity index (χ1n) is 9.04. The van der Waals surface area contributed by atoms with Gasteiger partial charge in [0, 0.05) is 13.2 Å². The lowest BCUT2D eigenvalue weighted by molar-refractivity contribution is 0.507. The Hall–Kier alpha value is -2.05. The first kappa shape index (κ1) is 11.5. The molecule has 112 valence electrons. The lowest BCUT2D eigenvalue weighted by Gasteiger charge is -2.38. The minimum Gasteiger partial charge on any atom is -0.0843 e. The van der Waals surface area contributed by atoms with Crippen LogP contribution in [0.5, 0.6) is 0 Å². The van der Waals surface area contributed by atoms with Crippen molar-refractivity contribution in [3.8, 4) is 11.1 Å². The fourth-order valence-corrected chi connectivity index (χ4v) is 4.49. The maximum atomic E-state index is 9.06. The topological polar surface area (TPSA) is 0 Å². The predicted octanol–water partition coefficient (Wildman–Crippen LogP) is 5.99. The predicted molar refractivity (Wildman–Crippen MR) is 96.2 cm³/mol. The highest BCUT2D eigenvalue weighted by Crippen LogP contribution is 2.57. The second kappa shape index (κ2) is 4.72. The molecule has 2 aliphatic rings. The van der Waals surface area contributed by atoms with Gasteiger partial charge in [0.05, 0.1) is 0 Å². The van der Waals surface area contributed by atoms with E-state index in [0.29, 0.717) is 11.4 Å². The molecule has 1 unspecified atom stereocenters. The van der Waals surface area contributed by atoms with Crippen LogP contribution in [0.1, 0.15) is 37.8 Å². The molecule has 1 heteroatoms. The van der Waals surface area contributed by atoms with Crippen LogP contribution in [0.15, 0.2) is 66.7 Å². The number of hydrogen-bond donors (Lipinski definition) is 0. The summed E-state index contributed by atoms with van der Waals surface area (Å²) in [6.07, 6.45) is -0.110. The molecule has 0 nitrogen and oxygen atoms in total. The summed E-state index contributed by atoms with van der Waals surface area (Å²) >= 11 is 6.37. The summed E-state index contributed by atoms with van der Waals surface area (Å²) < 4.78 is 18.1. The second-order valence-electron chi connectivity index (χ2n) is 6.32. The van der Waals surface area contributed by atoms with Gasteiger partial charge in [0.15, 0.2) is 0 Å². The van der Waals surface area contributed by atoms with Gasteiger partial charge in [0.25, 0.3) is 0 Å². The fraction of sp³-hybridized carbons (Fsp3) is 0.182. The molecule has 1 spiro atoms. The van der Waals surface area contributed by atoms with Crippen molar-refractivity contribution in [1.29, 1.82) is 0 Å². The van der Waals surface area contributed by atoms with E-state index >= 15 is 0 Å². The third-order valence-corrected chi connectivity index (χ3v) is 5.45. The van der Waals surface area contributed by atoms with Gasteiger partial charge in [-0.3, -0.25) is 0 Å². The van der Waals surface area contributed by atoms with Crippen LogP contribution >= 0.6 is 11.6 Å². The number of fused-ring (bicyclic) bond motifs is 7. The molecule has 0 amide bonds. The second-order valence-corrected chi connectivity index (χ2v) is 6.76. The highest BCUT2D eigenvalue weighted by atomic mass is 35.5. The molecular formula is C22H17Cl. The van der Waals surface area contributed by atoms with Crippen LogP contribution in [-0.2, 0) is 11.8 Å². The van der Waals surface area contributed by atoms with E-state index in [1.807, 2.05) is 42.5 Å². The lowest BCUT2D eigenvalue weighted by Crippen LogP contribution is -2.31. The first-order chi connectivity index (χ1) is 12.1. The summed E-state index contributed by atoms with van der Waals surface area (Å²) in [7, 11) is 0. The zero-order valence-corrected chi connectivity index (χ0v) is 13.4. The number of aryl methyl sites for hydroxylation is 1. The van der Waals surface area contributed by atoms with Crippen LogP contribution in [0.3, 0.4) is 0 Å². The first-order valence-corrected chi connectivity index (χ1v) is 8.42. The molecule has 0 aromatic heterocycles. The van der Waals surface area contributed by atoms with Gasteiger partial charge < -0.3 is 0 Å². The van der Waals surface area contributed by atoms with Gasteiger partial charge in [0.1, 0.15) is 0 Å². The molecule has 0 bridgehead atoms. The van der Waals surface area contributed by atoms with Gasteiger partial charge in [-0.05, 0) is 64.7 Å². The fourth-order valence-electron chi connectivity index (χ4n) is 4.32. The molecular weight excluding hydrogens is 300 g/mol. The molecule has 0 radical (unpaired) electrons. The Balaban J connectivity index is 2.00. The summed E-state index contributed by atoms with van der Waals surface area (Å²) in [5.74, 6) is 0. The SMILES string of the molecule is [2H]C1([2H])CCc2ccccc2C12c1ccccc1-c1ccc(Cl)cc12. The quantitative estimate of drug-likeness (QED) is 0.477. The minimum atomic E-state index is -1.38. The highest BCUT2D eigenvalue weighted by Gasteiger charge is 2.46. The van der Waals surface area contributed by atoms with E-state index in [-0.39, 0.29) is 0 Å². The van der Waals surface area contributed by atoms with Crippen LogP contribution in [-0.4, -0.2) is 0 Å². The third kappa shape index (κ3) is 1.67. The van der Waals surface area contributed by atoms with E-state index in [1.165, 1.54) is 5.56 Å². The zero-order valence-electron chi connectivity index (χ0n) is 14.6. The summed E-state index contributed by atoms with van der Waals surface area (Å²) in [6, 6.07) is 22.4. The van der Waals surface area contributed by atoms with E-state index < -0.39 is 11.8 Å². The third-order valence-electron chi connectivity index (χ3n) is 5.21. The maximum Gasteiger partial charge on any atom is 0.0467 e. The summed E-state index contributed by atoms with van der Waals surface area (Å²) in [6.45, 7) is 0. The van der Waals surface area contributed by atoms with Crippen molar-refractivity contribution in [2.45, 2.75) is 24.6 Å². The summed E-state index contributed by atoms with van der Waals surface area (Å²) in [5, 5.41) is 0.657. The van der Waals surface area contributed by atoms with Gasteiger partial charge >= 0.3 is 0 Å². The van der Waals surface area contributed by atoms with Crippen LogP contribution in [0.2, 0.25) is 5.02 Å². The number of halogens is 1. The average Bonchev–Trinajstić information content (AvgIpc) is 2.90. The normalized spacial score (nSPS) is 24.4. The van der Waals surface area contributed by atoms with Crippen molar-refractivity contribution in [1.82, 2.24) is 0 Å². The smallest absolute Gasteiger partial charge is 0.0467 e. The van der Waals surface area contributed by atoms with Crippen LogP contribution in [0, 0.1) is 0 Å². The van der Waals surface area contributed by atoms with Crippen LogP contribution < -0.4 is 0 Å². The highest BCUT2D eigenvalue weighted by molar-refractivity contribution is 6.30. The van der Waals surface area contributed by atoms with Crippen molar-refractivity contribution in [2.75, 3.05) is 0 Å². The van der Waals surface area contributed by atoms with Crippen molar-refractivity contribution < 1.29 is 2.74 Å². The number of benzene rings is 3. The standard InChI is InChI=1S/C22H17Cl/c23-16-11-12-18-17-8-2-4-10-20(17)22(21(18)14-16)13-5-7-15-6-1-3-9-19(15)22/h1-4,6,8-12,14H,5,7,13H2/i13D2. The molecule has 0 saturated carbocycles. The summed E-state index contributed by atoms with van der Waals surface area (Å²) in [5.41, 5.74) is 5.80. The van der Waals surface area contributed by atoms with Crippen molar-refractivity contribution in [3.05, 3.63) is 94.0 Å². The van der Waals surface area contributed by atoms with Gasteiger partial charge in [-0.2, -0.15) is 0 Å². The summed E-state index contributed by atoms with van der Waals surface area (Å²) in [4.78, 5) is 0. The van der Waals surface area contributed by atoms with Gasteiger partial charge in [-0.25, -0.2) is 0 Å². The lowest BCUT2D eigenvalue weighted by atomic mass is 9.64. The minimum absolute atomic E-state index is 0.504. The van der Waals surface area contributed by atoms with E-state index in [9.17, 15) is 0 Å². The Morgan fingerprint density at radius 3 is 2.48 bits per heavy atom. The van der Waals surface area contributed by atoms with E-state index in [2.05, 4.69) is 24.3 Å². The number of hydrogen-bond acceptors (Lipinski definition) is 0. The van der Waals surface area contributed by atoms with Gasteiger partial charge in [-0.1, -0.05) is 66.2 Å². The maximum absolute atomic E-state index is 9.06. The zero-order chi connectivity index (χ0) is 17.2. The van der Waals surface area contributed by atoms with E-state index in [4.69, 9.17) is 14.3 Å². The molecule has 23 heavy (non-hydrogen) atoms. The van der Waals surface area contributed by atoms with Crippen molar-refractivity contribution in [3.63, 3.8) is 0 Å². The molecule has 2 aliphatic carbocycles. The Bertz CT molecular complexity index is 1010. The molecule has 5 rings (SSSR count). The van der Waals surface area contributed by atoms with Crippen molar-refractivity contribution in [2.24, 2.45) is 0 Å². The van der Waals surface area contributed by atoms with E-state index in [0.717, 1.165) is 34.2 Å². The average molecular weight is 319 g/mol. The Labute approximate surface area is 144 Å². The molecule has 3 aromatic rings. The molecule has 3 aromatic carbocycles. The molecule has 0 heterocycles. The van der Waals surface area contributed by atoms with E-state index in [1.54, 1.807) is 0 Å². The molecule has 1 atom stereocenters. The van der Waals surface area contributed by atoms with Crippen LogP contribution in [0.4, 0.5) is 0 Å². The monoisotopic (exact) mass is 318 g/mol. The van der Waals surface area contributed by atoms with Gasteiger partial charge in [-0.15, -0.1) is 0 Å². The largest absolute Gasteiger partial charge is 0.0843 e. The Morgan fingerprint density at radius 1 is 0.826 bits per heavy atom. The molecule has 0 saturated heterocycles. The Morgan fingerprint density at radius 2 is 1.57 bits per heavy atom. The van der Waals surface area contributed by atoms with Crippen LogP contribution in [0.25, 0.3) is 11.1 Å². The van der Waals surface area contributed by atoms with Crippen molar-refractivity contribution >= 4 is 11.6 Å². The molecule has 0 fully saturated rings.